The number of esters is 1. The van der Waals surface area contributed by atoms with E-state index in [0.29, 0.717) is 12.0 Å². The van der Waals surface area contributed by atoms with Gasteiger partial charge in [0.05, 0.1) is 25.6 Å². The number of aliphatic hydroxyl groups is 4. The van der Waals surface area contributed by atoms with Crippen LogP contribution in [0.4, 0.5) is 0 Å². The number of carbonyl (C=O) groups excluding carboxylic acids is 1. The molecule has 212 valence electrons. The van der Waals surface area contributed by atoms with Crippen molar-refractivity contribution in [1.82, 2.24) is 10.3 Å². The third-order valence-corrected chi connectivity index (χ3v) is 8.02. The van der Waals surface area contributed by atoms with Crippen molar-refractivity contribution in [1.29, 1.82) is 0 Å². The average Bonchev–Trinajstić information content (AvgIpc) is 3.31. The van der Waals surface area contributed by atoms with E-state index in [2.05, 4.69) is 42.0 Å². The maximum atomic E-state index is 12.8. The van der Waals surface area contributed by atoms with Crippen molar-refractivity contribution in [2.75, 3.05) is 20.3 Å². The SMILES string of the molecule is C=C[C@H]1[C@H](OC2OC(CO)C(O)C(O)C2O)OC=C(C(=O)OC)[C@H]1C[C@@H]1NCCc2c1[nH]c1cc(C)ccc21. The molecule has 4 heterocycles. The van der Waals surface area contributed by atoms with Crippen LogP contribution in [0.15, 0.2) is 42.7 Å². The monoisotopic (exact) mass is 544 g/mol. The predicted molar refractivity (Wildman–Crippen MR) is 139 cm³/mol. The fourth-order valence-corrected chi connectivity index (χ4v) is 5.91. The Morgan fingerprint density at radius 1 is 1.21 bits per heavy atom. The zero-order chi connectivity index (χ0) is 27.8. The molecule has 0 bridgehead atoms. The normalized spacial score (nSPS) is 34.6. The number of ether oxygens (including phenoxy) is 4. The summed E-state index contributed by atoms with van der Waals surface area (Å²) in [7, 11) is 1.30. The number of fused-ring (bicyclic) bond motifs is 3. The van der Waals surface area contributed by atoms with E-state index in [9.17, 15) is 25.2 Å². The summed E-state index contributed by atoms with van der Waals surface area (Å²) >= 11 is 0. The van der Waals surface area contributed by atoms with Crippen molar-refractivity contribution in [3.05, 3.63) is 59.5 Å². The fourth-order valence-electron chi connectivity index (χ4n) is 5.91. The van der Waals surface area contributed by atoms with E-state index in [1.54, 1.807) is 6.08 Å². The second-order valence-corrected chi connectivity index (χ2v) is 10.4. The van der Waals surface area contributed by atoms with Gasteiger partial charge in [-0.3, -0.25) is 0 Å². The summed E-state index contributed by atoms with van der Waals surface area (Å²) in [5.74, 6) is -1.56. The van der Waals surface area contributed by atoms with Gasteiger partial charge in [0, 0.05) is 34.5 Å². The topological polar surface area (TPSA) is 163 Å². The highest BCUT2D eigenvalue weighted by atomic mass is 16.8. The number of nitrogens with one attached hydrogen (secondary N) is 2. The fraction of sp³-hybridized carbons (Fsp3) is 0.536. The highest BCUT2D eigenvalue weighted by Crippen LogP contribution is 2.42. The van der Waals surface area contributed by atoms with E-state index < -0.39 is 61.4 Å². The maximum Gasteiger partial charge on any atom is 0.337 e. The Labute approximate surface area is 226 Å². The number of aliphatic hydroxyl groups excluding tert-OH is 4. The third kappa shape index (κ3) is 5.11. The molecule has 11 heteroatoms. The van der Waals surface area contributed by atoms with E-state index in [1.807, 2.05) is 0 Å². The number of benzene rings is 1. The summed E-state index contributed by atoms with van der Waals surface area (Å²) in [5.41, 5.74) is 4.84. The number of aromatic nitrogens is 1. The van der Waals surface area contributed by atoms with E-state index in [0.717, 1.165) is 29.7 Å². The van der Waals surface area contributed by atoms with Crippen LogP contribution in [-0.4, -0.2) is 88.6 Å². The van der Waals surface area contributed by atoms with Crippen LogP contribution in [0, 0.1) is 18.8 Å². The number of H-pyrrole nitrogens is 1. The standard InChI is InChI=1S/C28H36N2O9/c1-4-14-17(10-20-22-16(7-8-29-20)15-6-5-13(2)9-19(15)30-22)18(26(35)36-3)12-37-27(14)39-28-25(34)24(33)23(32)21(11-31)38-28/h4-6,9,12,14,17,20-21,23-25,27-34H,1,7-8,10-11H2,2-3H3/t14-,17+,20+,21?,23?,24?,25?,27+,28?/m1/s1. The van der Waals surface area contributed by atoms with Gasteiger partial charge in [-0.2, -0.15) is 0 Å². The Kier molecular flexibility index (Phi) is 8.11. The zero-order valence-electron chi connectivity index (χ0n) is 21.9. The van der Waals surface area contributed by atoms with Crippen molar-refractivity contribution >= 4 is 16.9 Å². The van der Waals surface area contributed by atoms with Gasteiger partial charge in [0.25, 0.3) is 0 Å². The van der Waals surface area contributed by atoms with Crippen LogP contribution in [0.3, 0.4) is 0 Å². The predicted octanol–water partition coefficient (Wildman–Crippen LogP) is 0.701. The summed E-state index contributed by atoms with van der Waals surface area (Å²) in [5, 5.41) is 45.1. The average molecular weight is 545 g/mol. The van der Waals surface area contributed by atoms with Crippen LogP contribution in [0.5, 0.6) is 0 Å². The second-order valence-electron chi connectivity index (χ2n) is 10.4. The Morgan fingerprint density at radius 3 is 2.72 bits per heavy atom. The van der Waals surface area contributed by atoms with Crippen molar-refractivity contribution < 1.29 is 44.2 Å². The van der Waals surface area contributed by atoms with Gasteiger partial charge in [-0.1, -0.05) is 18.2 Å². The van der Waals surface area contributed by atoms with Gasteiger partial charge in [-0.05, 0) is 43.5 Å². The first kappa shape index (κ1) is 27.8. The molecule has 6 N–H and O–H groups in total. The van der Waals surface area contributed by atoms with Gasteiger partial charge < -0.3 is 49.7 Å². The number of aromatic amines is 1. The van der Waals surface area contributed by atoms with Gasteiger partial charge >= 0.3 is 5.97 Å². The van der Waals surface area contributed by atoms with Crippen molar-refractivity contribution in [3.8, 4) is 0 Å². The van der Waals surface area contributed by atoms with Crippen molar-refractivity contribution in [2.24, 2.45) is 11.8 Å². The Bertz CT molecular complexity index is 1240. The van der Waals surface area contributed by atoms with Gasteiger partial charge in [0.2, 0.25) is 6.29 Å². The van der Waals surface area contributed by atoms with Crippen LogP contribution < -0.4 is 5.32 Å². The number of carbonyl (C=O) groups is 1. The zero-order valence-corrected chi connectivity index (χ0v) is 21.9. The third-order valence-electron chi connectivity index (χ3n) is 8.02. The minimum Gasteiger partial charge on any atom is -0.471 e. The van der Waals surface area contributed by atoms with Crippen LogP contribution in [0.1, 0.15) is 29.3 Å². The molecule has 1 saturated heterocycles. The van der Waals surface area contributed by atoms with E-state index in [-0.39, 0.29) is 6.04 Å². The van der Waals surface area contributed by atoms with Gasteiger partial charge in [-0.15, -0.1) is 6.58 Å². The van der Waals surface area contributed by atoms with Gasteiger partial charge in [0.1, 0.15) is 24.4 Å². The molecule has 0 radical (unpaired) electrons. The molecule has 0 amide bonds. The van der Waals surface area contributed by atoms with Gasteiger partial charge in [0.15, 0.2) is 6.29 Å². The minimum absolute atomic E-state index is 0.118. The van der Waals surface area contributed by atoms with Gasteiger partial charge in [-0.25, -0.2) is 4.79 Å². The molecule has 0 spiro atoms. The summed E-state index contributed by atoms with van der Waals surface area (Å²) < 4.78 is 22.3. The lowest BCUT2D eigenvalue weighted by atomic mass is 9.78. The first-order chi connectivity index (χ1) is 18.8. The Morgan fingerprint density at radius 2 is 2.00 bits per heavy atom. The lowest BCUT2D eigenvalue weighted by Gasteiger charge is -2.43. The largest absolute Gasteiger partial charge is 0.471 e. The molecule has 0 saturated carbocycles. The van der Waals surface area contributed by atoms with Crippen LogP contribution in [0.2, 0.25) is 0 Å². The molecule has 2 aromatic rings. The van der Waals surface area contributed by atoms with E-state index in [1.165, 1.54) is 24.3 Å². The summed E-state index contributed by atoms with van der Waals surface area (Å²) in [6, 6.07) is 6.23. The molecule has 9 atom stereocenters. The Balaban J connectivity index is 1.43. The summed E-state index contributed by atoms with van der Waals surface area (Å²) in [6.07, 6.45) is -4.03. The molecule has 3 aliphatic heterocycles. The van der Waals surface area contributed by atoms with Crippen LogP contribution >= 0.6 is 0 Å². The number of hydrogen-bond acceptors (Lipinski definition) is 10. The first-order valence-electron chi connectivity index (χ1n) is 13.1. The second kappa shape index (κ2) is 11.4. The molecule has 0 aliphatic carbocycles. The quantitative estimate of drug-likeness (QED) is 0.216. The highest BCUT2D eigenvalue weighted by Gasteiger charge is 2.48. The molecule has 1 aromatic heterocycles. The first-order valence-corrected chi connectivity index (χ1v) is 13.1. The van der Waals surface area contributed by atoms with Crippen LogP contribution in [-0.2, 0) is 30.2 Å². The molecule has 11 nitrogen and oxygen atoms in total. The highest BCUT2D eigenvalue weighted by molar-refractivity contribution is 5.89. The molecular weight excluding hydrogens is 508 g/mol. The number of rotatable bonds is 7. The molecule has 39 heavy (non-hydrogen) atoms. The van der Waals surface area contributed by atoms with E-state index >= 15 is 0 Å². The maximum absolute atomic E-state index is 12.8. The number of hydrogen-bond donors (Lipinski definition) is 6. The molecule has 1 aromatic carbocycles. The smallest absolute Gasteiger partial charge is 0.337 e. The lowest BCUT2D eigenvalue weighted by Crippen LogP contribution is -2.60. The number of methoxy groups -OCH3 is 1. The molecule has 5 rings (SSSR count). The van der Waals surface area contributed by atoms with Crippen LogP contribution in [0.25, 0.3) is 10.9 Å². The molecule has 3 aliphatic rings. The lowest BCUT2D eigenvalue weighted by molar-refractivity contribution is -0.339. The van der Waals surface area contributed by atoms with Crippen molar-refractivity contribution in [2.45, 2.75) is 62.8 Å². The number of aryl methyl sites for hydroxylation is 1. The molecule has 1 fully saturated rings. The molecule has 5 unspecified atom stereocenters. The Hall–Kier alpha value is -2.77. The van der Waals surface area contributed by atoms with E-state index in [4.69, 9.17) is 18.9 Å². The summed E-state index contributed by atoms with van der Waals surface area (Å²) in [6.45, 7) is 6.19. The minimum atomic E-state index is -1.60. The molecular formula is C28H36N2O9. The summed E-state index contributed by atoms with van der Waals surface area (Å²) in [4.78, 5) is 16.4. The van der Waals surface area contributed by atoms with Crippen molar-refractivity contribution in [3.63, 3.8) is 0 Å².